The van der Waals surface area contributed by atoms with Gasteiger partial charge in [0.25, 0.3) is 0 Å². The molecule has 0 fully saturated rings. The van der Waals surface area contributed by atoms with Crippen LogP contribution in [0.15, 0.2) is 60.9 Å². The molecule has 0 saturated heterocycles. The van der Waals surface area contributed by atoms with E-state index in [4.69, 9.17) is 29.6 Å². The van der Waals surface area contributed by atoms with Gasteiger partial charge in [0.2, 0.25) is 0 Å². The summed E-state index contributed by atoms with van der Waals surface area (Å²) in [5.41, 5.74) is 7.79. The van der Waals surface area contributed by atoms with Crippen molar-refractivity contribution >= 4 is 57.8 Å². The van der Waals surface area contributed by atoms with Gasteiger partial charge in [0.05, 0.1) is 0 Å². The number of rotatable bonds is 5. The van der Waals surface area contributed by atoms with Gasteiger partial charge in [-0.25, -0.2) is 0 Å². The van der Waals surface area contributed by atoms with E-state index in [0.29, 0.717) is 29.8 Å². The fraction of sp³-hybridized carbons (Fsp3) is 0.158. The highest BCUT2D eigenvalue weighted by Gasteiger charge is 2.10. The molecule has 0 bridgehead atoms. The lowest BCUT2D eigenvalue weighted by molar-refractivity contribution is 0.429. The summed E-state index contributed by atoms with van der Waals surface area (Å²) in [6, 6.07) is 15.8. The molecular formula is C19H20Cl2N4S. The van der Waals surface area contributed by atoms with Gasteiger partial charge in [-0.3, -0.25) is 4.98 Å². The number of aromatic nitrogens is 1. The lowest BCUT2D eigenvalue weighted by Gasteiger charge is -2.25. The molecule has 4 nitrogen and oxygen atoms in total. The number of benzene rings is 2. The Morgan fingerprint density at radius 2 is 2.00 bits per heavy atom. The zero-order valence-electron chi connectivity index (χ0n) is 14.1. The Bertz CT molecular complexity index is 888. The second kappa shape index (κ2) is 9.69. The topological polar surface area (TPSA) is 54.2 Å². The number of pyridine rings is 1. The van der Waals surface area contributed by atoms with Crippen LogP contribution in [0.4, 0.5) is 5.69 Å². The van der Waals surface area contributed by atoms with Crippen LogP contribution in [0.2, 0.25) is 5.02 Å². The fourth-order valence-corrected chi connectivity index (χ4v) is 3.11. The molecule has 136 valence electrons. The molecule has 1 aromatic heterocycles. The summed E-state index contributed by atoms with van der Waals surface area (Å²) < 4.78 is 0. The molecular weight excluding hydrogens is 387 g/mol. The maximum atomic E-state index is 6.07. The van der Waals surface area contributed by atoms with Crippen LogP contribution < -0.4 is 11.1 Å². The van der Waals surface area contributed by atoms with Gasteiger partial charge in [-0.05, 0) is 53.5 Å². The maximum Gasteiger partial charge on any atom is 0.173 e. The van der Waals surface area contributed by atoms with Crippen LogP contribution in [-0.2, 0) is 6.54 Å². The molecule has 1 heterocycles. The third kappa shape index (κ3) is 5.29. The Labute approximate surface area is 169 Å². The molecule has 0 radical (unpaired) electrons. The van der Waals surface area contributed by atoms with Crippen LogP contribution in [0.3, 0.4) is 0 Å². The van der Waals surface area contributed by atoms with E-state index in [1.165, 1.54) is 0 Å². The SMILES string of the molecule is Cl.NCCN(Cc1cccc(Cl)c1)C(=S)Nc1ccc2cnccc2c1. The number of fused-ring (bicyclic) bond motifs is 1. The third-order valence-corrected chi connectivity index (χ3v) is 4.44. The van der Waals surface area contributed by atoms with Crippen molar-refractivity contribution in [2.45, 2.75) is 6.54 Å². The molecule has 3 N–H and O–H groups in total. The maximum absolute atomic E-state index is 6.07. The molecule has 26 heavy (non-hydrogen) atoms. The first-order valence-corrected chi connectivity index (χ1v) is 8.78. The van der Waals surface area contributed by atoms with E-state index in [1.54, 1.807) is 6.20 Å². The number of halogens is 2. The van der Waals surface area contributed by atoms with Gasteiger partial charge in [0.1, 0.15) is 0 Å². The predicted molar refractivity (Wildman–Crippen MR) is 116 cm³/mol. The fourth-order valence-electron chi connectivity index (χ4n) is 2.63. The highest BCUT2D eigenvalue weighted by molar-refractivity contribution is 7.80. The second-order valence-electron chi connectivity index (χ2n) is 5.71. The lowest BCUT2D eigenvalue weighted by atomic mass is 10.1. The van der Waals surface area contributed by atoms with Gasteiger partial charge in [-0.2, -0.15) is 0 Å². The van der Waals surface area contributed by atoms with Crippen LogP contribution in [-0.4, -0.2) is 28.1 Å². The number of thiocarbonyl (C=S) groups is 1. The van der Waals surface area contributed by atoms with Crippen LogP contribution >= 0.6 is 36.2 Å². The number of hydrogen-bond donors (Lipinski definition) is 2. The first kappa shape index (κ1) is 20.4. The van der Waals surface area contributed by atoms with Crippen molar-refractivity contribution in [3.63, 3.8) is 0 Å². The van der Waals surface area contributed by atoms with Gasteiger partial charge in [0, 0.05) is 48.1 Å². The third-order valence-electron chi connectivity index (χ3n) is 3.84. The van der Waals surface area contributed by atoms with Gasteiger partial charge >= 0.3 is 0 Å². The first-order chi connectivity index (χ1) is 12.2. The van der Waals surface area contributed by atoms with E-state index >= 15 is 0 Å². The summed E-state index contributed by atoms with van der Waals surface area (Å²) in [5.74, 6) is 0. The van der Waals surface area contributed by atoms with Crippen molar-refractivity contribution in [3.8, 4) is 0 Å². The van der Waals surface area contributed by atoms with Crippen molar-refractivity contribution in [2.24, 2.45) is 5.73 Å². The average molecular weight is 407 g/mol. The van der Waals surface area contributed by atoms with Crippen molar-refractivity contribution in [1.29, 1.82) is 0 Å². The summed E-state index contributed by atoms with van der Waals surface area (Å²) in [6.07, 6.45) is 3.63. The quantitative estimate of drug-likeness (QED) is 0.612. The van der Waals surface area contributed by atoms with Crippen LogP contribution in [0.25, 0.3) is 10.8 Å². The number of nitrogens with zero attached hydrogens (tertiary/aromatic N) is 2. The van der Waals surface area contributed by atoms with Crippen molar-refractivity contribution in [2.75, 3.05) is 18.4 Å². The van der Waals surface area contributed by atoms with Crippen molar-refractivity contribution in [3.05, 3.63) is 71.5 Å². The number of anilines is 1. The molecule has 0 unspecified atom stereocenters. The van der Waals surface area contributed by atoms with E-state index in [1.807, 2.05) is 53.6 Å². The summed E-state index contributed by atoms with van der Waals surface area (Å²) >= 11 is 11.7. The molecule has 2 aromatic carbocycles. The van der Waals surface area contributed by atoms with E-state index in [2.05, 4.69) is 16.4 Å². The molecule has 0 aliphatic heterocycles. The zero-order valence-corrected chi connectivity index (χ0v) is 16.4. The molecule has 3 aromatic rings. The highest BCUT2D eigenvalue weighted by atomic mass is 35.5. The standard InChI is InChI=1S/C19H19ClN4S.ClH/c20-17-3-1-2-14(10-17)13-24(9-7-21)19(25)23-18-5-4-16-12-22-8-6-15(16)11-18;/h1-6,8,10-12H,7,9,13,21H2,(H,23,25);1H. The molecule has 7 heteroatoms. The highest BCUT2D eigenvalue weighted by Crippen LogP contribution is 2.19. The monoisotopic (exact) mass is 406 g/mol. The molecule has 3 rings (SSSR count). The largest absolute Gasteiger partial charge is 0.343 e. The minimum atomic E-state index is 0. The molecule has 0 atom stereocenters. The van der Waals surface area contributed by atoms with E-state index in [0.717, 1.165) is 22.0 Å². The Hall–Kier alpha value is -1.92. The van der Waals surface area contributed by atoms with Crippen LogP contribution in [0.1, 0.15) is 5.56 Å². The summed E-state index contributed by atoms with van der Waals surface area (Å²) in [7, 11) is 0. The van der Waals surface area contributed by atoms with Crippen molar-refractivity contribution < 1.29 is 0 Å². The molecule has 0 aliphatic rings. The van der Waals surface area contributed by atoms with Crippen molar-refractivity contribution in [1.82, 2.24) is 9.88 Å². The van der Waals surface area contributed by atoms with Crippen LogP contribution in [0, 0.1) is 0 Å². The molecule has 0 saturated carbocycles. The van der Waals surface area contributed by atoms with Gasteiger partial charge in [0.15, 0.2) is 5.11 Å². The van der Waals surface area contributed by atoms with E-state index in [-0.39, 0.29) is 12.4 Å². The normalized spacial score (nSPS) is 10.2. The number of nitrogens with one attached hydrogen (secondary N) is 1. The van der Waals surface area contributed by atoms with Gasteiger partial charge < -0.3 is 16.0 Å². The molecule has 0 aliphatic carbocycles. The van der Waals surface area contributed by atoms with E-state index in [9.17, 15) is 0 Å². The minimum Gasteiger partial charge on any atom is -0.343 e. The molecule has 0 amide bonds. The summed E-state index contributed by atoms with van der Waals surface area (Å²) in [6.45, 7) is 1.84. The van der Waals surface area contributed by atoms with Crippen LogP contribution in [0.5, 0.6) is 0 Å². The number of nitrogens with two attached hydrogens (primary N) is 1. The average Bonchev–Trinajstić information content (AvgIpc) is 2.61. The second-order valence-corrected chi connectivity index (χ2v) is 6.53. The molecule has 0 spiro atoms. The Morgan fingerprint density at radius 1 is 1.15 bits per heavy atom. The predicted octanol–water partition coefficient (Wildman–Crippen LogP) is 4.47. The smallest absolute Gasteiger partial charge is 0.173 e. The lowest BCUT2D eigenvalue weighted by Crippen LogP contribution is -2.37. The number of hydrogen-bond acceptors (Lipinski definition) is 3. The summed E-state index contributed by atoms with van der Waals surface area (Å²) in [5, 5.41) is 6.86. The Balaban J connectivity index is 0.00000243. The summed E-state index contributed by atoms with van der Waals surface area (Å²) in [4.78, 5) is 6.17. The van der Waals surface area contributed by atoms with Gasteiger partial charge in [-0.15, -0.1) is 12.4 Å². The first-order valence-electron chi connectivity index (χ1n) is 8.00. The zero-order chi connectivity index (χ0) is 17.6. The Morgan fingerprint density at radius 3 is 2.77 bits per heavy atom. The van der Waals surface area contributed by atoms with E-state index < -0.39 is 0 Å². The minimum absolute atomic E-state index is 0. The Kier molecular flexibility index (Phi) is 7.60. The van der Waals surface area contributed by atoms with Gasteiger partial charge in [-0.1, -0.05) is 29.8 Å².